The number of ether oxygens (including phenoxy) is 1. The lowest BCUT2D eigenvalue weighted by Gasteiger charge is -2.01. The molecule has 114 valence electrons. The lowest BCUT2D eigenvalue weighted by Crippen LogP contribution is -2.07. The van der Waals surface area contributed by atoms with Crippen molar-refractivity contribution in [3.8, 4) is 12.3 Å². The van der Waals surface area contributed by atoms with Crippen LogP contribution in [0.1, 0.15) is 52.7 Å². The zero-order valence-electron chi connectivity index (χ0n) is 14.1. The molecule has 0 aliphatic carbocycles. The molecule has 20 heavy (non-hydrogen) atoms. The SMILES string of the molecule is C#CCOC(=O)Cc1ccc(C)cc1.CC.CC.CC. The predicted octanol–water partition coefficient (Wildman–Crippen LogP) is 4.79. The van der Waals surface area contributed by atoms with Crippen LogP contribution < -0.4 is 0 Å². The fraction of sp³-hybridized carbons (Fsp3) is 0.500. The second-order valence-electron chi connectivity index (χ2n) is 3.03. The van der Waals surface area contributed by atoms with Gasteiger partial charge in [-0.25, -0.2) is 0 Å². The summed E-state index contributed by atoms with van der Waals surface area (Å²) < 4.78 is 4.75. The van der Waals surface area contributed by atoms with Crippen molar-refractivity contribution in [2.75, 3.05) is 6.61 Å². The van der Waals surface area contributed by atoms with Crippen LogP contribution in [0.4, 0.5) is 0 Å². The number of terminal acetylenes is 1. The Morgan fingerprint density at radius 1 is 1.05 bits per heavy atom. The van der Waals surface area contributed by atoms with E-state index in [1.807, 2.05) is 72.7 Å². The quantitative estimate of drug-likeness (QED) is 0.587. The average molecular weight is 278 g/mol. The lowest BCUT2D eigenvalue weighted by atomic mass is 10.1. The minimum absolute atomic E-state index is 0.0463. The predicted molar refractivity (Wildman–Crippen MR) is 88.7 cm³/mol. The van der Waals surface area contributed by atoms with Crippen LogP contribution in [0.5, 0.6) is 0 Å². The molecule has 0 atom stereocenters. The van der Waals surface area contributed by atoms with Gasteiger partial charge < -0.3 is 4.74 Å². The molecule has 0 aliphatic rings. The molecule has 2 nitrogen and oxygen atoms in total. The maximum Gasteiger partial charge on any atom is 0.311 e. The molecule has 2 heteroatoms. The van der Waals surface area contributed by atoms with Crippen molar-refractivity contribution < 1.29 is 9.53 Å². The van der Waals surface area contributed by atoms with Gasteiger partial charge in [-0.1, -0.05) is 77.3 Å². The summed E-state index contributed by atoms with van der Waals surface area (Å²) in [5, 5.41) is 0. The first-order valence-corrected chi connectivity index (χ1v) is 7.37. The molecule has 0 N–H and O–H groups in total. The number of hydrogen-bond donors (Lipinski definition) is 0. The van der Waals surface area contributed by atoms with Crippen LogP contribution in [-0.2, 0) is 16.0 Å². The summed E-state index contributed by atoms with van der Waals surface area (Å²) in [6.07, 6.45) is 5.24. The van der Waals surface area contributed by atoms with Crippen LogP contribution in [0.15, 0.2) is 24.3 Å². The molecular formula is C18H30O2. The van der Waals surface area contributed by atoms with Gasteiger partial charge in [-0.05, 0) is 12.5 Å². The fourth-order valence-corrected chi connectivity index (χ4v) is 1.05. The zero-order valence-corrected chi connectivity index (χ0v) is 14.1. The summed E-state index contributed by atoms with van der Waals surface area (Å²) in [6, 6.07) is 7.74. The van der Waals surface area contributed by atoms with Crippen molar-refractivity contribution in [1.82, 2.24) is 0 Å². The van der Waals surface area contributed by atoms with Crippen molar-refractivity contribution in [3.63, 3.8) is 0 Å². The van der Waals surface area contributed by atoms with E-state index in [2.05, 4.69) is 5.92 Å². The van der Waals surface area contributed by atoms with Crippen LogP contribution in [0.2, 0.25) is 0 Å². The van der Waals surface area contributed by atoms with E-state index in [1.54, 1.807) is 0 Å². The van der Waals surface area contributed by atoms with E-state index in [0.29, 0.717) is 0 Å². The first kappa shape index (κ1) is 23.4. The molecular weight excluding hydrogens is 248 g/mol. The normalized spacial score (nSPS) is 7.30. The van der Waals surface area contributed by atoms with Gasteiger partial charge in [-0.3, -0.25) is 4.79 Å². The molecule has 0 radical (unpaired) electrons. The molecule has 0 aliphatic heterocycles. The molecule has 0 saturated carbocycles. The van der Waals surface area contributed by atoms with Crippen molar-refractivity contribution in [2.24, 2.45) is 0 Å². The lowest BCUT2D eigenvalue weighted by molar-refractivity contribution is -0.141. The van der Waals surface area contributed by atoms with Gasteiger partial charge in [0.15, 0.2) is 6.61 Å². The number of rotatable bonds is 3. The van der Waals surface area contributed by atoms with Crippen molar-refractivity contribution in [1.29, 1.82) is 0 Å². The van der Waals surface area contributed by atoms with Crippen molar-refractivity contribution in [3.05, 3.63) is 35.4 Å². The van der Waals surface area contributed by atoms with Gasteiger partial charge in [0.1, 0.15) is 0 Å². The summed E-state index contributed by atoms with van der Waals surface area (Å²) in [6.45, 7) is 14.0. The third-order valence-electron chi connectivity index (χ3n) is 1.79. The van der Waals surface area contributed by atoms with Crippen molar-refractivity contribution in [2.45, 2.75) is 54.9 Å². The smallest absolute Gasteiger partial charge is 0.311 e. The number of hydrogen-bond acceptors (Lipinski definition) is 2. The molecule has 0 fully saturated rings. The Labute approximate surface area is 125 Å². The minimum atomic E-state index is -0.285. The van der Waals surface area contributed by atoms with Gasteiger partial charge in [0.25, 0.3) is 0 Å². The van der Waals surface area contributed by atoms with Crippen molar-refractivity contribution >= 4 is 5.97 Å². The van der Waals surface area contributed by atoms with Gasteiger partial charge in [-0.15, -0.1) is 6.42 Å². The van der Waals surface area contributed by atoms with E-state index in [0.717, 1.165) is 5.56 Å². The fourth-order valence-electron chi connectivity index (χ4n) is 1.05. The highest BCUT2D eigenvalue weighted by atomic mass is 16.5. The number of aryl methyl sites for hydroxylation is 1. The zero-order chi connectivity index (χ0) is 16.4. The molecule has 0 unspecified atom stereocenters. The van der Waals surface area contributed by atoms with Crippen LogP contribution in [0, 0.1) is 19.3 Å². The van der Waals surface area contributed by atoms with Gasteiger partial charge in [-0.2, -0.15) is 0 Å². The molecule has 0 aromatic heterocycles. The van der Waals surface area contributed by atoms with E-state index < -0.39 is 0 Å². The monoisotopic (exact) mass is 278 g/mol. The third kappa shape index (κ3) is 14.3. The highest BCUT2D eigenvalue weighted by Gasteiger charge is 2.02. The Morgan fingerprint density at radius 2 is 1.50 bits per heavy atom. The topological polar surface area (TPSA) is 26.3 Å². The van der Waals surface area contributed by atoms with E-state index in [1.165, 1.54) is 5.56 Å². The van der Waals surface area contributed by atoms with E-state index >= 15 is 0 Å². The highest BCUT2D eigenvalue weighted by molar-refractivity contribution is 5.72. The van der Waals surface area contributed by atoms with Gasteiger partial charge >= 0.3 is 5.97 Å². The standard InChI is InChI=1S/C12H12O2.3C2H6/c1-3-8-14-12(13)9-11-6-4-10(2)5-7-11;3*1-2/h1,4-7H,8-9H2,2H3;3*1-2H3. The number of esters is 1. The van der Waals surface area contributed by atoms with Gasteiger partial charge in [0.2, 0.25) is 0 Å². The van der Waals surface area contributed by atoms with E-state index in [4.69, 9.17) is 11.2 Å². The van der Waals surface area contributed by atoms with Crippen LogP contribution in [-0.4, -0.2) is 12.6 Å². The Kier molecular flexibility index (Phi) is 22.9. The average Bonchev–Trinajstić information content (AvgIpc) is 2.53. The van der Waals surface area contributed by atoms with Crippen LogP contribution in [0.25, 0.3) is 0 Å². The Morgan fingerprint density at radius 3 is 1.90 bits per heavy atom. The molecule has 0 heterocycles. The molecule has 0 saturated heterocycles. The second kappa shape index (κ2) is 19.6. The maximum absolute atomic E-state index is 11.1. The summed E-state index contributed by atoms with van der Waals surface area (Å²) >= 11 is 0. The summed E-state index contributed by atoms with van der Waals surface area (Å²) in [4.78, 5) is 11.1. The Balaban J connectivity index is -0.000000425. The first-order chi connectivity index (χ1) is 9.72. The number of carbonyl (C=O) groups excluding carboxylic acids is 1. The van der Waals surface area contributed by atoms with Crippen LogP contribution in [0.3, 0.4) is 0 Å². The minimum Gasteiger partial charge on any atom is -0.452 e. The van der Waals surface area contributed by atoms with E-state index in [9.17, 15) is 4.79 Å². The first-order valence-electron chi connectivity index (χ1n) is 7.37. The largest absolute Gasteiger partial charge is 0.452 e. The molecule has 1 aromatic rings. The molecule has 0 spiro atoms. The van der Waals surface area contributed by atoms with Gasteiger partial charge in [0, 0.05) is 0 Å². The summed E-state index contributed by atoms with van der Waals surface area (Å²) in [7, 11) is 0. The highest BCUT2D eigenvalue weighted by Crippen LogP contribution is 2.04. The number of benzene rings is 1. The Hall–Kier alpha value is -1.75. The Bertz CT molecular complexity index is 345. The second-order valence-corrected chi connectivity index (χ2v) is 3.03. The summed E-state index contributed by atoms with van der Waals surface area (Å²) in [5.74, 6) is 1.97. The molecule has 1 rings (SSSR count). The van der Waals surface area contributed by atoms with E-state index in [-0.39, 0.29) is 19.0 Å². The van der Waals surface area contributed by atoms with Gasteiger partial charge in [0.05, 0.1) is 6.42 Å². The maximum atomic E-state index is 11.1. The third-order valence-corrected chi connectivity index (χ3v) is 1.79. The molecule has 1 aromatic carbocycles. The molecule has 0 bridgehead atoms. The molecule has 0 amide bonds. The van der Waals surface area contributed by atoms with Crippen LogP contribution >= 0.6 is 0 Å². The number of carbonyl (C=O) groups is 1. The summed E-state index contributed by atoms with van der Waals surface area (Å²) in [5.41, 5.74) is 2.11.